The monoisotopic (exact) mass is 224 g/mol. The number of aryl methyl sites for hydroxylation is 1. The van der Waals surface area contributed by atoms with Crippen LogP contribution in [0, 0.1) is 6.92 Å². The van der Waals surface area contributed by atoms with Crippen molar-refractivity contribution in [1.82, 2.24) is 5.43 Å². The third-order valence-electron chi connectivity index (χ3n) is 2.71. The molecule has 15 heavy (non-hydrogen) atoms. The minimum absolute atomic E-state index is 0.108. The van der Waals surface area contributed by atoms with Crippen LogP contribution in [-0.2, 0) is 4.74 Å². The SMILES string of the molecule is Cc1cscc1C(NN)C1=COCCC1. The van der Waals surface area contributed by atoms with E-state index < -0.39 is 0 Å². The van der Waals surface area contributed by atoms with Crippen LogP contribution in [0.3, 0.4) is 0 Å². The van der Waals surface area contributed by atoms with Crippen molar-refractivity contribution in [3.8, 4) is 0 Å². The topological polar surface area (TPSA) is 47.3 Å². The van der Waals surface area contributed by atoms with Gasteiger partial charge in [-0.15, -0.1) is 0 Å². The minimum Gasteiger partial charge on any atom is -0.501 e. The van der Waals surface area contributed by atoms with Crippen molar-refractivity contribution in [2.75, 3.05) is 6.61 Å². The lowest BCUT2D eigenvalue weighted by Gasteiger charge is -2.22. The van der Waals surface area contributed by atoms with Gasteiger partial charge in [-0.05, 0) is 47.2 Å². The zero-order chi connectivity index (χ0) is 10.7. The summed E-state index contributed by atoms with van der Waals surface area (Å²) in [5.41, 5.74) is 6.66. The van der Waals surface area contributed by atoms with Crippen molar-refractivity contribution in [3.05, 3.63) is 33.7 Å². The predicted molar refractivity (Wildman–Crippen MR) is 62.4 cm³/mol. The molecule has 82 valence electrons. The summed E-state index contributed by atoms with van der Waals surface area (Å²) in [5, 5.41) is 4.29. The molecule has 2 rings (SSSR count). The predicted octanol–water partition coefficient (Wildman–Crippen LogP) is 2.26. The maximum atomic E-state index is 5.62. The summed E-state index contributed by atoms with van der Waals surface area (Å²) in [4.78, 5) is 0. The summed E-state index contributed by atoms with van der Waals surface area (Å²) in [6.07, 6.45) is 3.99. The molecule has 0 radical (unpaired) electrons. The smallest absolute Gasteiger partial charge is 0.0876 e. The molecule has 0 amide bonds. The number of rotatable bonds is 3. The summed E-state index contributed by atoms with van der Waals surface area (Å²) in [7, 11) is 0. The van der Waals surface area contributed by atoms with Crippen LogP contribution in [0.1, 0.15) is 30.0 Å². The second-order valence-corrected chi connectivity index (χ2v) is 4.52. The third-order valence-corrected chi connectivity index (χ3v) is 3.59. The second kappa shape index (κ2) is 4.79. The van der Waals surface area contributed by atoms with E-state index in [4.69, 9.17) is 10.6 Å². The van der Waals surface area contributed by atoms with Gasteiger partial charge in [-0.1, -0.05) is 0 Å². The van der Waals surface area contributed by atoms with Gasteiger partial charge in [0.2, 0.25) is 0 Å². The first-order chi connectivity index (χ1) is 7.33. The highest BCUT2D eigenvalue weighted by Gasteiger charge is 2.19. The summed E-state index contributed by atoms with van der Waals surface area (Å²) in [6, 6.07) is 0.108. The van der Waals surface area contributed by atoms with Crippen molar-refractivity contribution >= 4 is 11.3 Å². The number of ether oxygens (including phenoxy) is 1. The molecule has 0 saturated heterocycles. The Hall–Kier alpha value is -0.840. The summed E-state index contributed by atoms with van der Waals surface area (Å²) in [6.45, 7) is 2.93. The van der Waals surface area contributed by atoms with Gasteiger partial charge >= 0.3 is 0 Å². The Morgan fingerprint density at radius 3 is 2.93 bits per heavy atom. The average Bonchev–Trinajstić information content (AvgIpc) is 2.68. The van der Waals surface area contributed by atoms with E-state index in [0.717, 1.165) is 19.4 Å². The van der Waals surface area contributed by atoms with Crippen molar-refractivity contribution in [2.45, 2.75) is 25.8 Å². The van der Waals surface area contributed by atoms with Crippen LogP contribution in [0.25, 0.3) is 0 Å². The molecule has 0 bridgehead atoms. The average molecular weight is 224 g/mol. The normalized spacial score (nSPS) is 18.1. The van der Waals surface area contributed by atoms with Gasteiger partial charge in [0.15, 0.2) is 0 Å². The number of nitrogens with one attached hydrogen (secondary N) is 1. The van der Waals surface area contributed by atoms with E-state index in [1.54, 1.807) is 11.3 Å². The van der Waals surface area contributed by atoms with E-state index in [9.17, 15) is 0 Å². The Balaban J connectivity index is 2.24. The van der Waals surface area contributed by atoms with Crippen molar-refractivity contribution in [1.29, 1.82) is 0 Å². The van der Waals surface area contributed by atoms with Crippen LogP contribution < -0.4 is 11.3 Å². The van der Waals surface area contributed by atoms with Crippen LogP contribution in [0.5, 0.6) is 0 Å². The maximum absolute atomic E-state index is 5.62. The maximum Gasteiger partial charge on any atom is 0.0876 e. The molecule has 3 nitrogen and oxygen atoms in total. The van der Waals surface area contributed by atoms with Gasteiger partial charge in [0, 0.05) is 0 Å². The van der Waals surface area contributed by atoms with Gasteiger partial charge in [-0.25, -0.2) is 5.43 Å². The lowest BCUT2D eigenvalue weighted by Crippen LogP contribution is -2.30. The van der Waals surface area contributed by atoms with Crippen molar-refractivity contribution in [3.63, 3.8) is 0 Å². The first-order valence-electron chi connectivity index (χ1n) is 5.12. The molecule has 1 atom stereocenters. The summed E-state index contributed by atoms with van der Waals surface area (Å²) >= 11 is 1.71. The molecule has 3 N–H and O–H groups in total. The minimum atomic E-state index is 0.108. The number of hydrogen-bond acceptors (Lipinski definition) is 4. The van der Waals surface area contributed by atoms with Crippen LogP contribution in [-0.4, -0.2) is 6.61 Å². The zero-order valence-electron chi connectivity index (χ0n) is 8.82. The molecule has 0 spiro atoms. The second-order valence-electron chi connectivity index (χ2n) is 3.78. The Morgan fingerprint density at radius 1 is 1.53 bits per heavy atom. The largest absolute Gasteiger partial charge is 0.501 e. The highest BCUT2D eigenvalue weighted by Crippen LogP contribution is 2.30. The van der Waals surface area contributed by atoms with Gasteiger partial charge in [-0.3, -0.25) is 5.84 Å². The van der Waals surface area contributed by atoms with E-state index >= 15 is 0 Å². The van der Waals surface area contributed by atoms with Gasteiger partial charge in [0.05, 0.1) is 18.9 Å². The standard InChI is InChI=1S/C11H16N2OS/c1-8-6-15-7-10(8)11(13-12)9-3-2-4-14-5-9/h5-7,11,13H,2-4,12H2,1H3. The molecular weight excluding hydrogens is 208 g/mol. The Labute approximate surface area is 93.9 Å². The molecule has 1 aromatic heterocycles. The van der Waals surface area contributed by atoms with Gasteiger partial charge < -0.3 is 4.74 Å². The van der Waals surface area contributed by atoms with E-state index in [-0.39, 0.29) is 6.04 Å². The lowest BCUT2D eigenvalue weighted by atomic mass is 9.96. The van der Waals surface area contributed by atoms with Crippen LogP contribution in [0.2, 0.25) is 0 Å². The molecule has 0 aliphatic carbocycles. The fraction of sp³-hybridized carbons (Fsp3) is 0.455. The molecule has 0 aromatic carbocycles. The first-order valence-corrected chi connectivity index (χ1v) is 6.06. The fourth-order valence-electron chi connectivity index (χ4n) is 1.86. The molecule has 4 heteroatoms. The van der Waals surface area contributed by atoms with E-state index in [1.807, 2.05) is 6.26 Å². The van der Waals surface area contributed by atoms with Crippen molar-refractivity contribution < 1.29 is 4.74 Å². The summed E-state index contributed by atoms with van der Waals surface area (Å²) in [5.74, 6) is 5.62. The quantitative estimate of drug-likeness (QED) is 0.611. The molecule has 1 aliphatic rings. The summed E-state index contributed by atoms with van der Waals surface area (Å²) < 4.78 is 5.35. The molecule has 1 aromatic rings. The van der Waals surface area contributed by atoms with E-state index in [1.165, 1.54) is 16.7 Å². The molecule has 1 unspecified atom stereocenters. The van der Waals surface area contributed by atoms with Crippen molar-refractivity contribution in [2.24, 2.45) is 5.84 Å². The number of thiophene rings is 1. The Morgan fingerprint density at radius 2 is 2.40 bits per heavy atom. The van der Waals surface area contributed by atoms with Gasteiger partial charge in [0.1, 0.15) is 0 Å². The van der Waals surface area contributed by atoms with E-state index in [0.29, 0.717) is 0 Å². The fourth-order valence-corrected chi connectivity index (χ4v) is 2.74. The zero-order valence-corrected chi connectivity index (χ0v) is 9.64. The van der Waals surface area contributed by atoms with Gasteiger partial charge in [0.25, 0.3) is 0 Å². The van der Waals surface area contributed by atoms with Crippen LogP contribution in [0.4, 0.5) is 0 Å². The van der Waals surface area contributed by atoms with Crippen LogP contribution >= 0.6 is 11.3 Å². The molecule has 0 saturated carbocycles. The highest BCUT2D eigenvalue weighted by atomic mass is 32.1. The van der Waals surface area contributed by atoms with E-state index in [2.05, 4.69) is 23.1 Å². The molecule has 0 fully saturated rings. The lowest BCUT2D eigenvalue weighted by molar-refractivity contribution is 0.219. The van der Waals surface area contributed by atoms with Crippen LogP contribution in [0.15, 0.2) is 22.6 Å². The van der Waals surface area contributed by atoms with Gasteiger partial charge in [-0.2, -0.15) is 11.3 Å². The first kappa shape index (κ1) is 10.7. The number of hydrogen-bond donors (Lipinski definition) is 2. The number of hydrazine groups is 1. The molecule has 2 heterocycles. The Kier molecular flexibility index (Phi) is 3.41. The highest BCUT2D eigenvalue weighted by molar-refractivity contribution is 7.08. The Bertz CT molecular complexity index is 359. The molecule has 1 aliphatic heterocycles. The number of nitrogens with two attached hydrogens (primary N) is 1. The molecular formula is C11H16N2OS. The third kappa shape index (κ3) is 2.22.